The number of ether oxygens (including phenoxy) is 2. The maximum atomic E-state index is 11.9. The van der Waals surface area contributed by atoms with Crippen LogP contribution in [0.4, 0.5) is 17.1 Å². The Morgan fingerprint density at radius 3 is 2.62 bits per heavy atom. The number of halogens is 1. The predicted molar refractivity (Wildman–Crippen MR) is 159 cm³/mol. The van der Waals surface area contributed by atoms with Crippen LogP contribution in [-0.4, -0.2) is 93.7 Å². The summed E-state index contributed by atoms with van der Waals surface area (Å²) >= 11 is 6.44. The molecular formula is C26H35ClN7O4P. The van der Waals surface area contributed by atoms with Gasteiger partial charge < -0.3 is 30.3 Å². The molecule has 2 aliphatic heterocycles. The Hall–Kier alpha value is -3.11. The number of amidine groups is 1. The number of hydrogen-bond acceptors (Lipinski definition) is 10. The molecule has 1 fully saturated rings. The maximum absolute atomic E-state index is 11.9. The van der Waals surface area contributed by atoms with Gasteiger partial charge in [-0.25, -0.2) is 4.99 Å². The molecule has 0 aromatic heterocycles. The minimum absolute atomic E-state index is 0.156. The van der Waals surface area contributed by atoms with E-state index in [1.807, 2.05) is 18.2 Å². The highest BCUT2D eigenvalue weighted by Crippen LogP contribution is 2.38. The third-order valence-corrected chi connectivity index (χ3v) is 8.16. The van der Waals surface area contributed by atoms with Crippen molar-refractivity contribution in [2.75, 3.05) is 77.5 Å². The molecule has 0 spiro atoms. The number of hydrogen-bond donors (Lipinski definition) is 3. The first-order chi connectivity index (χ1) is 18.7. The number of rotatable bonds is 10. The quantitative estimate of drug-likeness (QED) is 0.222. The molecule has 0 saturated carbocycles. The van der Waals surface area contributed by atoms with Gasteiger partial charge in [0, 0.05) is 56.7 Å². The monoisotopic (exact) mass is 575 g/mol. The number of aliphatic imine (C=N–C) groups is 1. The highest BCUT2D eigenvalue weighted by Gasteiger charge is 2.24. The molecule has 2 aliphatic rings. The highest BCUT2D eigenvalue weighted by atomic mass is 35.5. The number of benzene rings is 2. The summed E-state index contributed by atoms with van der Waals surface area (Å²) in [6.07, 6.45) is 0.985. The first-order valence-corrected chi connectivity index (χ1v) is 15.3. The van der Waals surface area contributed by atoms with Crippen molar-refractivity contribution in [3.8, 4) is 11.5 Å². The van der Waals surface area contributed by atoms with Crippen LogP contribution in [0, 0.1) is 10.1 Å². The molecule has 1 unspecified atom stereocenters. The lowest BCUT2D eigenvalue weighted by molar-refractivity contribution is -0.385. The van der Waals surface area contributed by atoms with Crippen molar-refractivity contribution in [1.29, 1.82) is 0 Å². The molecule has 1 atom stereocenters. The average molecular weight is 576 g/mol. The summed E-state index contributed by atoms with van der Waals surface area (Å²) in [5.74, 6) is 1.04. The molecule has 13 heteroatoms. The lowest BCUT2D eigenvalue weighted by Gasteiger charge is -2.32. The highest BCUT2D eigenvalue weighted by molar-refractivity contribution is 7.64. The van der Waals surface area contributed by atoms with Gasteiger partial charge in [-0.2, -0.15) is 0 Å². The van der Waals surface area contributed by atoms with Crippen LogP contribution in [0.2, 0.25) is 0 Å². The molecule has 0 radical (unpaired) electrons. The normalized spacial score (nSPS) is 18.2. The Morgan fingerprint density at radius 1 is 1.18 bits per heavy atom. The van der Waals surface area contributed by atoms with Gasteiger partial charge in [0.05, 0.1) is 22.8 Å². The fraction of sp³-hybridized carbons (Fsp3) is 0.423. The number of likely N-dealkylation sites (N-methyl/N-ethyl adjacent to an activating group) is 1. The summed E-state index contributed by atoms with van der Waals surface area (Å²) < 4.78 is 11.4. The van der Waals surface area contributed by atoms with Crippen molar-refractivity contribution in [3.05, 3.63) is 57.7 Å². The van der Waals surface area contributed by atoms with Crippen molar-refractivity contribution in [2.24, 2.45) is 4.99 Å². The molecule has 39 heavy (non-hydrogen) atoms. The van der Waals surface area contributed by atoms with Crippen LogP contribution in [-0.2, 0) is 0 Å². The number of piperazine rings is 1. The topological polar surface area (TPSA) is 117 Å². The summed E-state index contributed by atoms with van der Waals surface area (Å²) in [5, 5.41) is 23.1. The molecule has 11 nitrogen and oxygen atoms in total. The van der Waals surface area contributed by atoms with Gasteiger partial charge in [-0.3, -0.25) is 15.0 Å². The number of anilines is 2. The summed E-state index contributed by atoms with van der Waals surface area (Å²) in [5.41, 5.74) is 1.18. The summed E-state index contributed by atoms with van der Waals surface area (Å²) in [6.45, 7) is 9.28. The van der Waals surface area contributed by atoms with E-state index in [0.29, 0.717) is 35.5 Å². The minimum atomic E-state index is -0.649. The Bertz CT molecular complexity index is 1230. The minimum Gasteiger partial charge on any atom is -0.494 e. The SMILES string of the molecule is COc1cc(OCCN2CCN(C)CC2)c([N+](=O)[O-])cc1NC1N=C(Nc2ccccc2P(C)C)C(Cl)=CN1. The zero-order valence-electron chi connectivity index (χ0n) is 22.6. The number of nitrogens with zero attached hydrogens (tertiary/aromatic N) is 4. The molecule has 2 aromatic carbocycles. The van der Waals surface area contributed by atoms with Gasteiger partial charge >= 0.3 is 5.69 Å². The molecule has 4 rings (SSSR count). The molecular weight excluding hydrogens is 541 g/mol. The fourth-order valence-corrected chi connectivity index (χ4v) is 5.46. The van der Waals surface area contributed by atoms with Crippen LogP contribution in [0.5, 0.6) is 11.5 Å². The van der Waals surface area contributed by atoms with Gasteiger partial charge in [-0.05, 0) is 31.7 Å². The number of methoxy groups -OCH3 is 1. The van der Waals surface area contributed by atoms with Crippen LogP contribution in [0.3, 0.4) is 0 Å². The van der Waals surface area contributed by atoms with Gasteiger partial charge in [-0.15, -0.1) is 0 Å². The smallest absolute Gasteiger partial charge is 0.313 e. The second-order valence-electron chi connectivity index (χ2n) is 9.49. The molecule has 210 valence electrons. The van der Waals surface area contributed by atoms with Crippen LogP contribution >= 0.6 is 19.5 Å². The van der Waals surface area contributed by atoms with E-state index in [4.69, 9.17) is 21.1 Å². The van der Waals surface area contributed by atoms with Crippen molar-refractivity contribution >= 4 is 47.7 Å². The van der Waals surface area contributed by atoms with E-state index in [2.05, 4.69) is 57.2 Å². The first-order valence-electron chi connectivity index (χ1n) is 12.6. The van der Waals surface area contributed by atoms with E-state index < -0.39 is 11.2 Å². The number of nitro groups is 1. The maximum Gasteiger partial charge on any atom is 0.313 e. The van der Waals surface area contributed by atoms with Crippen LogP contribution in [0.15, 0.2) is 52.6 Å². The zero-order valence-corrected chi connectivity index (χ0v) is 24.3. The van der Waals surface area contributed by atoms with Crippen molar-refractivity contribution in [1.82, 2.24) is 15.1 Å². The average Bonchev–Trinajstić information content (AvgIpc) is 2.92. The fourth-order valence-electron chi connectivity index (χ4n) is 4.30. The first kappa shape index (κ1) is 28.9. The van der Waals surface area contributed by atoms with Gasteiger partial charge in [-0.1, -0.05) is 37.7 Å². The second-order valence-corrected chi connectivity index (χ2v) is 12.2. The molecule has 0 aliphatic carbocycles. The third-order valence-electron chi connectivity index (χ3n) is 6.52. The number of nitrogens with one attached hydrogen (secondary N) is 3. The molecule has 2 aromatic rings. The zero-order chi connectivity index (χ0) is 27.9. The molecule has 0 amide bonds. The number of nitro benzene ring substituents is 1. The molecule has 2 heterocycles. The van der Waals surface area contributed by atoms with Crippen molar-refractivity contribution in [3.63, 3.8) is 0 Å². The Labute approximate surface area is 235 Å². The van der Waals surface area contributed by atoms with Crippen LogP contribution in [0.25, 0.3) is 0 Å². The Balaban J connectivity index is 1.49. The van der Waals surface area contributed by atoms with Gasteiger partial charge in [0.1, 0.15) is 18.2 Å². The predicted octanol–water partition coefficient (Wildman–Crippen LogP) is 3.49. The second kappa shape index (κ2) is 13.3. The van der Waals surface area contributed by atoms with Crippen LogP contribution in [0.1, 0.15) is 0 Å². The lowest BCUT2D eigenvalue weighted by Crippen LogP contribution is -2.45. The van der Waals surface area contributed by atoms with Gasteiger partial charge in [0.15, 0.2) is 6.29 Å². The largest absolute Gasteiger partial charge is 0.494 e. The lowest BCUT2D eigenvalue weighted by atomic mass is 10.2. The number of para-hydroxylation sites is 1. The van der Waals surface area contributed by atoms with Gasteiger partial charge in [0.25, 0.3) is 0 Å². The van der Waals surface area contributed by atoms with E-state index >= 15 is 0 Å². The molecule has 0 bridgehead atoms. The summed E-state index contributed by atoms with van der Waals surface area (Å²) in [7, 11) is 3.26. The van der Waals surface area contributed by atoms with E-state index in [1.54, 1.807) is 12.3 Å². The Kier molecular flexibility index (Phi) is 9.85. The summed E-state index contributed by atoms with van der Waals surface area (Å²) in [6, 6.07) is 11.0. The van der Waals surface area contributed by atoms with Crippen molar-refractivity contribution < 1.29 is 14.4 Å². The van der Waals surface area contributed by atoms with Gasteiger partial charge in [0.2, 0.25) is 5.75 Å². The third kappa shape index (κ3) is 7.51. The Morgan fingerprint density at radius 2 is 1.92 bits per heavy atom. The van der Waals surface area contributed by atoms with E-state index in [1.165, 1.54) is 18.5 Å². The molecule has 3 N–H and O–H groups in total. The standard InChI is InChI=1S/C26H35ClN7O4P/c1-32-9-11-33(12-10-32)13-14-38-23-16-22(37-2)20(15-21(23)34(35)36)30-26-28-17-18(27)25(31-26)29-19-7-5-6-8-24(19)39(3)4/h5-8,15-17,26,28,30H,9-14H2,1-4H3,(H,29,31). The molecule has 1 saturated heterocycles. The van der Waals surface area contributed by atoms with E-state index in [9.17, 15) is 10.1 Å². The van der Waals surface area contributed by atoms with E-state index in [-0.39, 0.29) is 19.4 Å². The van der Waals surface area contributed by atoms with E-state index in [0.717, 1.165) is 31.9 Å². The van der Waals surface area contributed by atoms with Crippen LogP contribution < -0.4 is 30.7 Å². The van der Waals surface area contributed by atoms with Crippen molar-refractivity contribution in [2.45, 2.75) is 6.29 Å². The summed E-state index contributed by atoms with van der Waals surface area (Å²) in [4.78, 5) is 20.7.